The second-order valence-corrected chi connectivity index (χ2v) is 5.57. The number of carbonyl (C=O) groups is 2. The van der Waals surface area contributed by atoms with E-state index in [9.17, 15) is 9.59 Å². The topological polar surface area (TPSA) is 59.8 Å². The molecular formula is C18H21NO4. The van der Waals surface area contributed by atoms with Crippen molar-refractivity contribution in [1.82, 2.24) is 4.90 Å². The number of ether oxygens (including phenoxy) is 1. The van der Waals surface area contributed by atoms with Gasteiger partial charge in [-0.1, -0.05) is 36.8 Å². The molecule has 0 aliphatic rings. The zero-order valence-corrected chi connectivity index (χ0v) is 13.6. The lowest BCUT2D eigenvalue weighted by Crippen LogP contribution is -2.36. The Bertz CT molecular complexity index is 646. The van der Waals surface area contributed by atoms with E-state index in [0.717, 1.165) is 11.1 Å². The van der Waals surface area contributed by atoms with Crippen molar-refractivity contribution < 1.29 is 18.7 Å². The predicted octanol–water partition coefficient (Wildman–Crippen LogP) is 3.04. The molecule has 1 aromatic carbocycles. The van der Waals surface area contributed by atoms with E-state index >= 15 is 0 Å². The molecule has 0 bridgehead atoms. The molecule has 0 spiro atoms. The van der Waals surface area contributed by atoms with Gasteiger partial charge in [0.1, 0.15) is 0 Å². The number of hydrogen-bond acceptors (Lipinski definition) is 4. The molecule has 0 aliphatic carbocycles. The van der Waals surface area contributed by atoms with E-state index < -0.39 is 5.92 Å². The average molecular weight is 315 g/mol. The summed E-state index contributed by atoms with van der Waals surface area (Å²) in [5, 5.41) is 0. The van der Waals surface area contributed by atoms with Gasteiger partial charge in [0.25, 0.3) is 5.91 Å². The number of furan rings is 1. The number of methoxy groups -OCH3 is 1. The Hall–Kier alpha value is -2.56. The van der Waals surface area contributed by atoms with E-state index in [0.29, 0.717) is 6.54 Å². The van der Waals surface area contributed by atoms with E-state index in [2.05, 4.69) is 0 Å². The minimum absolute atomic E-state index is 0.244. The third-order valence-electron chi connectivity index (χ3n) is 3.61. The van der Waals surface area contributed by atoms with E-state index in [-0.39, 0.29) is 24.2 Å². The van der Waals surface area contributed by atoms with Crippen molar-refractivity contribution >= 4 is 11.9 Å². The summed E-state index contributed by atoms with van der Waals surface area (Å²) < 4.78 is 9.94. The Morgan fingerprint density at radius 2 is 1.91 bits per heavy atom. The molecule has 23 heavy (non-hydrogen) atoms. The van der Waals surface area contributed by atoms with Crippen molar-refractivity contribution in [1.29, 1.82) is 0 Å². The Morgan fingerprint density at radius 3 is 2.48 bits per heavy atom. The van der Waals surface area contributed by atoms with Crippen LogP contribution in [0.3, 0.4) is 0 Å². The van der Waals surface area contributed by atoms with Crippen LogP contribution in [0.15, 0.2) is 47.1 Å². The highest BCUT2D eigenvalue weighted by atomic mass is 16.5. The summed E-state index contributed by atoms with van der Waals surface area (Å²) in [4.78, 5) is 25.9. The summed E-state index contributed by atoms with van der Waals surface area (Å²) in [6, 6.07) is 11.2. The first kappa shape index (κ1) is 16.8. The van der Waals surface area contributed by atoms with Gasteiger partial charge in [0, 0.05) is 13.1 Å². The first-order valence-corrected chi connectivity index (χ1v) is 7.47. The fourth-order valence-electron chi connectivity index (χ4n) is 2.30. The highest BCUT2D eigenvalue weighted by molar-refractivity contribution is 5.91. The summed E-state index contributed by atoms with van der Waals surface area (Å²) in [6.45, 7) is 4.42. The van der Waals surface area contributed by atoms with Crippen LogP contribution in [-0.2, 0) is 16.1 Å². The van der Waals surface area contributed by atoms with E-state index in [1.54, 1.807) is 24.0 Å². The molecule has 0 radical (unpaired) electrons. The number of carbonyl (C=O) groups excluding carboxylic acids is 2. The first-order valence-electron chi connectivity index (χ1n) is 7.47. The molecule has 0 saturated heterocycles. The molecular weight excluding hydrogens is 294 g/mol. The maximum absolute atomic E-state index is 12.6. The lowest BCUT2D eigenvalue weighted by atomic mass is 10.1. The maximum atomic E-state index is 12.6. The fourth-order valence-corrected chi connectivity index (χ4v) is 2.30. The molecule has 5 heteroatoms. The molecule has 1 unspecified atom stereocenters. The van der Waals surface area contributed by atoms with Crippen LogP contribution in [0.4, 0.5) is 0 Å². The molecule has 0 fully saturated rings. The van der Waals surface area contributed by atoms with Gasteiger partial charge in [-0.2, -0.15) is 0 Å². The summed E-state index contributed by atoms with van der Waals surface area (Å²) in [7, 11) is 1.34. The molecule has 0 N–H and O–H groups in total. The Morgan fingerprint density at radius 1 is 1.22 bits per heavy atom. The summed E-state index contributed by atoms with van der Waals surface area (Å²) >= 11 is 0. The van der Waals surface area contributed by atoms with Crippen LogP contribution in [0.5, 0.6) is 0 Å². The van der Waals surface area contributed by atoms with Gasteiger partial charge in [-0.15, -0.1) is 0 Å². The predicted molar refractivity (Wildman–Crippen MR) is 85.8 cm³/mol. The highest BCUT2D eigenvalue weighted by Crippen LogP contribution is 2.14. The standard InChI is InChI=1S/C18H21NO4/c1-13-6-8-15(9-7-13)12-19(11-14(2)18(21)22-3)17(20)16-5-4-10-23-16/h4-10,14H,11-12H2,1-3H3. The normalized spacial score (nSPS) is 11.8. The minimum Gasteiger partial charge on any atom is -0.469 e. The van der Waals surface area contributed by atoms with Crippen molar-refractivity contribution in [3.63, 3.8) is 0 Å². The van der Waals surface area contributed by atoms with E-state index in [1.807, 2.05) is 31.2 Å². The fraction of sp³-hybridized carbons (Fsp3) is 0.333. The Kier molecular flexibility index (Phi) is 5.57. The van der Waals surface area contributed by atoms with Gasteiger partial charge in [0.15, 0.2) is 5.76 Å². The van der Waals surface area contributed by atoms with Crippen LogP contribution in [0.2, 0.25) is 0 Å². The van der Waals surface area contributed by atoms with Crippen molar-refractivity contribution in [3.05, 3.63) is 59.5 Å². The van der Waals surface area contributed by atoms with Gasteiger partial charge in [-0.25, -0.2) is 0 Å². The molecule has 0 aliphatic heterocycles. The number of esters is 1. The lowest BCUT2D eigenvalue weighted by Gasteiger charge is -2.24. The molecule has 2 aromatic rings. The van der Waals surface area contributed by atoms with Crippen LogP contribution in [0.25, 0.3) is 0 Å². The summed E-state index contributed by atoms with van der Waals surface area (Å²) in [5.74, 6) is -0.740. The third kappa shape index (κ3) is 4.45. The maximum Gasteiger partial charge on any atom is 0.310 e. The lowest BCUT2D eigenvalue weighted by molar-refractivity contribution is -0.145. The van der Waals surface area contributed by atoms with Crippen molar-refractivity contribution in [2.75, 3.05) is 13.7 Å². The van der Waals surface area contributed by atoms with E-state index in [4.69, 9.17) is 9.15 Å². The van der Waals surface area contributed by atoms with E-state index in [1.165, 1.54) is 13.4 Å². The van der Waals surface area contributed by atoms with Gasteiger partial charge < -0.3 is 14.1 Å². The van der Waals surface area contributed by atoms with Crippen LogP contribution >= 0.6 is 0 Å². The molecule has 5 nitrogen and oxygen atoms in total. The zero-order valence-electron chi connectivity index (χ0n) is 13.6. The largest absolute Gasteiger partial charge is 0.469 e. The van der Waals surface area contributed by atoms with Gasteiger partial charge in [-0.05, 0) is 24.6 Å². The van der Waals surface area contributed by atoms with Crippen molar-refractivity contribution in [2.24, 2.45) is 5.92 Å². The van der Waals surface area contributed by atoms with Gasteiger partial charge in [0.05, 0.1) is 19.3 Å². The van der Waals surface area contributed by atoms with Crippen LogP contribution in [-0.4, -0.2) is 30.4 Å². The number of benzene rings is 1. The Balaban J connectivity index is 2.18. The number of aryl methyl sites for hydroxylation is 1. The van der Waals surface area contributed by atoms with Crippen LogP contribution < -0.4 is 0 Å². The summed E-state index contributed by atoms with van der Waals surface area (Å²) in [6.07, 6.45) is 1.46. The SMILES string of the molecule is COC(=O)C(C)CN(Cc1ccc(C)cc1)C(=O)c1ccco1. The monoisotopic (exact) mass is 315 g/mol. The molecule has 1 atom stereocenters. The van der Waals surface area contributed by atoms with Crippen LogP contribution in [0.1, 0.15) is 28.6 Å². The first-order chi connectivity index (χ1) is 11.0. The Labute approximate surface area is 135 Å². The molecule has 0 saturated carbocycles. The number of amides is 1. The molecule has 122 valence electrons. The van der Waals surface area contributed by atoms with Gasteiger partial charge >= 0.3 is 5.97 Å². The smallest absolute Gasteiger partial charge is 0.310 e. The summed E-state index contributed by atoms with van der Waals surface area (Å²) in [5.41, 5.74) is 2.15. The van der Waals surface area contributed by atoms with Crippen molar-refractivity contribution in [3.8, 4) is 0 Å². The number of nitrogens with zero attached hydrogens (tertiary/aromatic N) is 1. The molecule has 2 rings (SSSR count). The van der Waals surface area contributed by atoms with Crippen LogP contribution in [0, 0.1) is 12.8 Å². The molecule has 1 aromatic heterocycles. The van der Waals surface area contributed by atoms with Crippen molar-refractivity contribution in [2.45, 2.75) is 20.4 Å². The zero-order chi connectivity index (χ0) is 16.8. The molecule has 1 heterocycles. The molecule has 1 amide bonds. The quantitative estimate of drug-likeness (QED) is 0.769. The van der Waals surface area contributed by atoms with Gasteiger partial charge in [0.2, 0.25) is 0 Å². The number of hydrogen-bond donors (Lipinski definition) is 0. The second kappa shape index (κ2) is 7.63. The number of rotatable bonds is 6. The average Bonchev–Trinajstić information content (AvgIpc) is 3.09. The highest BCUT2D eigenvalue weighted by Gasteiger charge is 2.24. The minimum atomic E-state index is -0.413. The van der Waals surface area contributed by atoms with Gasteiger partial charge in [-0.3, -0.25) is 9.59 Å². The second-order valence-electron chi connectivity index (χ2n) is 5.57. The third-order valence-corrected chi connectivity index (χ3v) is 3.61.